The van der Waals surface area contributed by atoms with Gasteiger partial charge in [-0.1, -0.05) is 36.9 Å². The van der Waals surface area contributed by atoms with Crippen molar-refractivity contribution in [1.29, 1.82) is 0 Å². The number of thiol groups is 1. The van der Waals surface area contributed by atoms with Crippen molar-refractivity contribution in [2.75, 3.05) is 0 Å². The molecule has 0 aliphatic heterocycles. The number of hydrogen-bond acceptors (Lipinski definition) is 1. The fourth-order valence-corrected chi connectivity index (χ4v) is 2.43. The van der Waals surface area contributed by atoms with E-state index in [-0.39, 0.29) is 0 Å². The summed E-state index contributed by atoms with van der Waals surface area (Å²) in [5, 5.41) is 0. The van der Waals surface area contributed by atoms with E-state index in [0.29, 0.717) is 0 Å². The molecule has 0 radical (unpaired) electrons. The van der Waals surface area contributed by atoms with Gasteiger partial charge in [0.15, 0.2) is 0 Å². The van der Waals surface area contributed by atoms with E-state index < -0.39 is 0 Å². The van der Waals surface area contributed by atoms with Crippen LogP contribution in [0.4, 0.5) is 0 Å². The molecule has 0 N–H and O–H groups in total. The van der Waals surface area contributed by atoms with Crippen LogP contribution in [0.5, 0.6) is 0 Å². The molecule has 0 unspecified atom stereocenters. The fourth-order valence-electron chi connectivity index (χ4n) is 2.03. The molecular formula is C14H14S. The molecule has 76 valence electrons. The standard InChI is InChI=1S/C14H14S/c1-3-4-6-11-9-12-7-5-8-13(15)14(12)10(11)2/h3-8,15H,1,9H2,2H3/b6-4-. The first-order valence-electron chi connectivity index (χ1n) is 5.04. The topological polar surface area (TPSA) is 0 Å². The molecule has 1 aliphatic carbocycles. The quantitative estimate of drug-likeness (QED) is 0.557. The third-order valence-electron chi connectivity index (χ3n) is 2.80. The van der Waals surface area contributed by atoms with E-state index in [4.69, 9.17) is 0 Å². The third kappa shape index (κ3) is 1.80. The zero-order valence-corrected chi connectivity index (χ0v) is 9.72. The number of rotatable bonds is 2. The van der Waals surface area contributed by atoms with Gasteiger partial charge in [-0.3, -0.25) is 0 Å². The second kappa shape index (κ2) is 4.11. The predicted molar refractivity (Wildman–Crippen MR) is 69.3 cm³/mol. The second-order valence-corrected chi connectivity index (χ2v) is 4.21. The van der Waals surface area contributed by atoms with Crippen molar-refractivity contribution in [2.24, 2.45) is 0 Å². The van der Waals surface area contributed by atoms with Gasteiger partial charge in [-0.2, -0.15) is 0 Å². The largest absolute Gasteiger partial charge is 0.143 e. The molecule has 0 saturated carbocycles. The molecule has 1 aliphatic rings. The Hall–Kier alpha value is -1.21. The maximum Gasteiger partial charge on any atom is 0.0118 e. The summed E-state index contributed by atoms with van der Waals surface area (Å²) >= 11 is 4.50. The summed E-state index contributed by atoms with van der Waals surface area (Å²) in [4.78, 5) is 1.08. The average molecular weight is 214 g/mol. The van der Waals surface area contributed by atoms with Crippen LogP contribution in [0, 0.1) is 0 Å². The Labute approximate surface area is 96.4 Å². The summed E-state index contributed by atoms with van der Waals surface area (Å²) in [5.41, 5.74) is 5.40. The summed E-state index contributed by atoms with van der Waals surface area (Å²) in [5.74, 6) is 0. The van der Waals surface area contributed by atoms with E-state index in [9.17, 15) is 0 Å². The Morgan fingerprint density at radius 1 is 1.40 bits per heavy atom. The average Bonchev–Trinajstić information content (AvgIpc) is 2.54. The fraction of sp³-hybridized carbons (Fsp3) is 0.143. The number of fused-ring (bicyclic) bond motifs is 1. The summed E-state index contributed by atoms with van der Waals surface area (Å²) < 4.78 is 0. The van der Waals surface area contributed by atoms with Gasteiger partial charge >= 0.3 is 0 Å². The van der Waals surface area contributed by atoms with Gasteiger partial charge in [0.1, 0.15) is 0 Å². The van der Waals surface area contributed by atoms with Crippen LogP contribution in [0.3, 0.4) is 0 Å². The normalized spacial score (nSPS) is 14.8. The Balaban J connectivity index is 2.47. The SMILES string of the molecule is C=C/C=C\C1=C(C)c2c(S)cccc2C1. The van der Waals surface area contributed by atoms with Gasteiger partial charge in [0, 0.05) is 4.90 Å². The van der Waals surface area contributed by atoms with Crippen LogP contribution in [0.2, 0.25) is 0 Å². The highest BCUT2D eigenvalue weighted by molar-refractivity contribution is 7.80. The molecule has 2 rings (SSSR count). The number of hydrogen-bond donors (Lipinski definition) is 1. The zero-order chi connectivity index (χ0) is 10.8. The third-order valence-corrected chi connectivity index (χ3v) is 3.17. The van der Waals surface area contributed by atoms with Crippen LogP contribution in [-0.2, 0) is 6.42 Å². The molecule has 15 heavy (non-hydrogen) atoms. The maximum absolute atomic E-state index is 4.50. The van der Waals surface area contributed by atoms with Crippen LogP contribution in [0.15, 0.2) is 53.5 Å². The summed E-state index contributed by atoms with van der Waals surface area (Å²) in [6.45, 7) is 5.85. The minimum atomic E-state index is 1.01. The Morgan fingerprint density at radius 3 is 2.87 bits per heavy atom. The smallest absolute Gasteiger partial charge is 0.0118 e. The van der Waals surface area contributed by atoms with Gasteiger partial charge < -0.3 is 0 Å². The molecule has 0 bridgehead atoms. The number of allylic oxidation sites excluding steroid dienone is 5. The van der Waals surface area contributed by atoms with E-state index in [1.165, 1.54) is 22.3 Å². The highest BCUT2D eigenvalue weighted by Gasteiger charge is 2.18. The van der Waals surface area contributed by atoms with Gasteiger partial charge in [-0.25, -0.2) is 0 Å². The van der Waals surface area contributed by atoms with E-state index in [0.717, 1.165) is 11.3 Å². The molecule has 1 aromatic carbocycles. The lowest BCUT2D eigenvalue weighted by atomic mass is 10.1. The van der Waals surface area contributed by atoms with E-state index >= 15 is 0 Å². The molecule has 0 nitrogen and oxygen atoms in total. The molecule has 1 heteroatoms. The van der Waals surface area contributed by atoms with Crippen molar-refractivity contribution in [3.05, 3.63) is 59.7 Å². The molecule has 0 fully saturated rings. The molecule has 0 spiro atoms. The summed E-state index contributed by atoms with van der Waals surface area (Å²) in [6, 6.07) is 6.29. The highest BCUT2D eigenvalue weighted by atomic mass is 32.1. The Morgan fingerprint density at radius 2 is 2.20 bits per heavy atom. The summed E-state index contributed by atoms with van der Waals surface area (Å²) in [7, 11) is 0. The maximum atomic E-state index is 4.50. The van der Waals surface area contributed by atoms with Crippen LogP contribution >= 0.6 is 12.6 Å². The second-order valence-electron chi connectivity index (χ2n) is 3.73. The number of benzene rings is 1. The first-order chi connectivity index (χ1) is 7.24. The van der Waals surface area contributed by atoms with Crippen molar-refractivity contribution < 1.29 is 0 Å². The van der Waals surface area contributed by atoms with E-state index in [1.54, 1.807) is 0 Å². The first kappa shape index (κ1) is 10.3. The van der Waals surface area contributed by atoms with Crippen molar-refractivity contribution in [3.63, 3.8) is 0 Å². The zero-order valence-electron chi connectivity index (χ0n) is 8.83. The molecule has 0 heterocycles. The van der Waals surface area contributed by atoms with Crippen LogP contribution in [-0.4, -0.2) is 0 Å². The molecule has 0 amide bonds. The van der Waals surface area contributed by atoms with Gasteiger partial charge in [0.25, 0.3) is 0 Å². The first-order valence-corrected chi connectivity index (χ1v) is 5.49. The molecular weight excluding hydrogens is 200 g/mol. The Kier molecular flexibility index (Phi) is 2.83. The lowest BCUT2D eigenvalue weighted by Crippen LogP contribution is -1.83. The van der Waals surface area contributed by atoms with Crippen molar-refractivity contribution in [1.82, 2.24) is 0 Å². The minimum absolute atomic E-state index is 1.01. The van der Waals surface area contributed by atoms with E-state index in [2.05, 4.69) is 44.3 Å². The van der Waals surface area contributed by atoms with Gasteiger partial charge in [0.05, 0.1) is 0 Å². The van der Waals surface area contributed by atoms with Crippen LogP contribution in [0.25, 0.3) is 5.57 Å². The van der Waals surface area contributed by atoms with E-state index in [1.807, 2.05) is 18.2 Å². The highest BCUT2D eigenvalue weighted by Crippen LogP contribution is 2.36. The lowest BCUT2D eigenvalue weighted by Gasteiger charge is -2.03. The molecule has 0 atom stereocenters. The van der Waals surface area contributed by atoms with Crippen LogP contribution in [0.1, 0.15) is 18.1 Å². The van der Waals surface area contributed by atoms with Crippen molar-refractivity contribution in [3.8, 4) is 0 Å². The monoisotopic (exact) mass is 214 g/mol. The summed E-state index contributed by atoms with van der Waals surface area (Å²) in [6.07, 6.45) is 6.95. The minimum Gasteiger partial charge on any atom is -0.143 e. The lowest BCUT2D eigenvalue weighted by molar-refractivity contribution is 1.22. The van der Waals surface area contributed by atoms with Crippen molar-refractivity contribution in [2.45, 2.75) is 18.2 Å². The molecule has 0 aromatic heterocycles. The molecule has 1 aromatic rings. The Bertz CT molecular complexity index is 464. The predicted octanol–water partition coefficient (Wildman–Crippen LogP) is 4.05. The van der Waals surface area contributed by atoms with Gasteiger partial charge in [0.2, 0.25) is 0 Å². The molecule has 0 saturated heterocycles. The van der Waals surface area contributed by atoms with Gasteiger partial charge in [-0.05, 0) is 41.7 Å². The van der Waals surface area contributed by atoms with Gasteiger partial charge in [-0.15, -0.1) is 12.6 Å². The van der Waals surface area contributed by atoms with Crippen molar-refractivity contribution >= 4 is 18.2 Å². The van der Waals surface area contributed by atoms with Crippen LogP contribution < -0.4 is 0 Å².